The van der Waals surface area contributed by atoms with Gasteiger partial charge >= 0.3 is 5.97 Å². The molecule has 0 aromatic heterocycles. The van der Waals surface area contributed by atoms with Crippen LogP contribution in [0.1, 0.15) is 18.9 Å². The Balaban J connectivity index is 2.42. The van der Waals surface area contributed by atoms with E-state index in [1.165, 1.54) is 16.4 Å². The zero-order valence-corrected chi connectivity index (χ0v) is 11.7. The Morgan fingerprint density at radius 2 is 2.10 bits per heavy atom. The molecule has 1 heterocycles. The number of benzene rings is 1. The molecule has 1 N–H and O–H groups in total. The molecule has 0 radical (unpaired) electrons. The van der Waals surface area contributed by atoms with Crippen molar-refractivity contribution in [2.24, 2.45) is 5.92 Å². The molecule has 7 heteroatoms. The molecule has 0 aliphatic carbocycles. The first kappa shape index (κ1) is 14.5. The van der Waals surface area contributed by atoms with Crippen molar-refractivity contribution in [3.8, 4) is 6.07 Å². The van der Waals surface area contributed by atoms with E-state index in [1.807, 2.05) is 6.07 Å². The van der Waals surface area contributed by atoms with Crippen molar-refractivity contribution in [3.63, 3.8) is 0 Å². The van der Waals surface area contributed by atoms with Gasteiger partial charge in [0.1, 0.15) is 6.07 Å². The highest BCUT2D eigenvalue weighted by Gasteiger charge is 2.42. The first-order valence-electron chi connectivity index (χ1n) is 6.13. The van der Waals surface area contributed by atoms with Crippen LogP contribution in [0.2, 0.25) is 0 Å². The Morgan fingerprint density at radius 3 is 2.65 bits per heavy atom. The van der Waals surface area contributed by atoms with Gasteiger partial charge in [0.2, 0.25) is 10.0 Å². The second kappa shape index (κ2) is 5.23. The number of hydrogen-bond acceptors (Lipinski definition) is 4. The minimum Gasteiger partial charge on any atom is -0.481 e. The summed E-state index contributed by atoms with van der Waals surface area (Å²) in [6, 6.07) is 7.17. The fourth-order valence-corrected chi connectivity index (χ4v) is 4.32. The van der Waals surface area contributed by atoms with E-state index < -0.39 is 28.0 Å². The van der Waals surface area contributed by atoms with Gasteiger partial charge in [0.15, 0.2) is 0 Å². The van der Waals surface area contributed by atoms with Crippen molar-refractivity contribution in [2.75, 3.05) is 6.54 Å². The number of hydrogen-bond donors (Lipinski definition) is 1. The fourth-order valence-electron chi connectivity index (χ4n) is 2.49. The van der Waals surface area contributed by atoms with Crippen LogP contribution in [-0.4, -0.2) is 36.4 Å². The number of nitriles is 1. The number of nitrogens with zero attached hydrogens (tertiary/aromatic N) is 2. The van der Waals surface area contributed by atoms with Gasteiger partial charge in [0.05, 0.1) is 16.4 Å². The standard InChI is InChI=1S/C13H14N2O4S/c1-9-11(13(16)17)6-7-15(9)20(18,19)12-5-3-2-4-10(12)8-14/h2-5,9,11H,6-7H2,1H3,(H,16,17). The van der Waals surface area contributed by atoms with Crippen LogP contribution in [0.4, 0.5) is 0 Å². The van der Waals surface area contributed by atoms with Gasteiger partial charge in [0, 0.05) is 12.6 Å². The van der Waals surface area contributed by atoms with E-state index in [2.05, 4.69) is 0 Å². The summed E-state index contributed by atoms with van der Waals surface area (Å²) >= 11 is 0. The van der Waals surface area contributed by atoms with Crippen LogP contribution >= 0.6 is 0 Å². The normalized spacial score (nSPS) is 23.4. The van der Waals surface area contributed by atoms with Gasteiger partial charge < -0.3 is 5.11 Å². The maximum atomic E-state index is 12.6. The van der Waals surface area contributed by atoms with Crippen LogP contribution < -0.4 is 0 Å². The second-order valence-corrected chi connectivity index (χ2v) is 6.56. The molecule has 6 nitrogen and oxygen atoms in total. The zero-order chi connectivity index (χ0) is 14.9. The number of sulfonamides is 1. The molecule has 0 saturated carbocycles. The highest BCUT2D eigenvalue weighted by molar-refractivity contribution is 7.89. The van der Waals surface area contributed by atoms with Crippen molar-refractivity contribution in [1.82, 2.24) is 4.31 Å². The number of rotatable bonds is 3. The predicted octanol–water partition coefficient (Wildman–Crippen LogP) is 1.04. The Hall–Kier alpha value is -1.91. The molecule has 2 unspecified atom stereocenters. The second-order valence-electron chi connectivity index (χ2n) is 4.70. The Bertz CT molecular complexity index is 678. The summed E-state index contributed by atoms with van der Waals surface area (Å²) in [5.74, 6) is -1.71. The first-order valence-corrected chi connectivity index (χ1v) is 7.57. The lowest BCUT2D eigenvalue weighted by Gasteiger charge is -2.23. The Labute approximate surface area is 117 Å². The molecule has 0 amide bonds. The van der Waals surface area contributed by atoms with Gasteiger partial charge in [-0.1, -0.05) is 12.1 Å². The maximum absolute atomic E-state index is 12.6. The van der Waals surface area contributed by atoms with Gasteiger partial charge in [-0.2, -0.15) is 9.57 Å². The SMILES string of the molecule is CC1C(C(=O)O)CCN1S(=O)(=O)c1ccccc1C#N. The molecule has 1 saturated heterocycles. The molecule has 106 valence electrons. The number of carboxylic acid groups (broad SMARTS) is 1. The van der Waals surface area contributed by atoms with Gasteiger partial charge in [-0.15, -0.1) is 0 Å². The van der Waals surface area contributed by atoms with Crippen LogP contribution in [0.3, 0.4) is 0 Å². The van der Waals surface area contributed by atoms with E-state index >= 15 is 0 Å². The van der Waals surface area contributed by atoms with Crippen LogP contribution in [0, 0.1) is 17.2 Å². The lowest BCUT2D eigenvalue weighted by Crippen LogP contribution is -2.37. The molecular weight excluding hydrogens is 280 g/mol. The third kappa shape index (κ3) is 2.28. The van der Waals surface area contributed by atoms with Crippen molar-refractivity contribution in [1.29, 1.82) is 5.26 Å². The van der Waals surface area contributed by atoms with E-state index in [1.54, 1.807) is 19.1 Å². The lowest BCUT2D eigenvalue weighted by atomic mass is 10.0. The van der Waals surface area contributed by atoms with Crippen molar-refractivity contribution < 1.29 is 18.3 Å². The highest BCUT2D eigenvalue weighted by Crippen LogP contribution is 2.31. The molecule has 1 aliphatic heterocycles. The van der Waals surface area contributed by atoms with Gasteiger partial charge in [-0.3, -0.25) is 4.79 Å². The van der Waals surface area contributed by atoms with E-state index in [4.69, 9.17) is 10.4 Å². The molecule has 2 rings (SSSR count). The third-order valence-electron chi connectivity index (χ3n) is 3.61. The molecule has 20 heavy (non-hydrogen) atoms. The maximum Gasteiger partial charge on any atom is 0.308 e. The quantitative estimate of drug-likeness (QED) is 0.898. The highest BCUT2D eigenvalue weighted by atomic mass is 32.2. The van der Waals surface area contributed by atoms with Crippen LogP contribution in [0.5, 0.6) is 0 Å². The summed E-state index contributed by atoms with van der Waals surface area (Å²) in [5, 5.41) is 18.1. The molecule has 1 aromatic rings. The topological polar surface area (TPSA) is 98.5 Å². The number of carboxylic acids is 1. The molecule has 1 aromatic carbocycles. The van der Waals surface area contributed by atoms with Gasteiger partial charge in [-0.05, 0) is 25.5 Å². The summed E-state index contributed by atoms with van der Waals surface area (Å²) < 4.78 is 26.3. The summed E-state index contributed by atoms with van der Waals surface area (Å²) in [5.41, 5.74) is 0.0680. The number of aliphatic carboxylic acids is 1. The van der Waals surface area contributed by atoms with Crippen LogP contribution in [0.25, 0.3) is 0 Å². The van der Waals surface area contributed by atoms with Crippen molar-refractivity contribution >= 4 is 16.0 Å². The van der Waals surface area contributed by atoms with Gasteiger partial charge in [-0.25, -0.2) is 8.42 Å². The minimum absolute atomic E-state index is 0.0680. The first-order chi connectivity index (χ1) is 9.39. The largest absolute Gasteiger partial charge is 0.481 e. The Morgan fingerprint density at radius 1 is 1.45 bits per heavy atom. The molecule has 1 fully saturated rings. The van der Waals surface area contributed by atoms with Crippen molar-refractivity contribution in [3.05, 3.63) is 29.8 Å². The monoisotopic (exact) mass is 294 g/mol. The molecular formula is C13H14N2O4S. The Kier molecular flexibility index (Phi) is 3.79. The minimum atomic E-state index is -3.85. The van der Waals surface area contributed by atoms with E-state index in [0.29, 0.717) is 0 Å². The molecule has 0 spiro atoms. The smallest absolute Gasteiger partial charge is 0.308 e. The summed E-state index contributed by atoms with van der Waals surface area (Å²) in [7, 11) is -3.85. The average molecular weight is 294 g/mol. The predicted molar refractivity (Wildman–Crippen MR) is 70.3 cm³/mol. The van der Waals surface area contributed by atoms with Gasteiger partial charge in [0.25, 0.3) is 0 Å². The molecule has 0 bridgehead atoms. The molecule has 2 atom stereocenters. The number of carbonyl (C=O) groups is 1. The third-order valence-corrected chi connectivity index (χ3v) is 5.65. The fraction of sp³-hybridized carbons (Fsp3) is 0.385. The molecule has 1 aliphatic rings. The van der Waals surface area contributed by atoms with Crippen molar-refractivity contribution in [2.45, 2.75) is 24.3 Å². The zero-order valence-electron chi connectivity index (χ0n) is 10.9. The van der Waals surface area contributed by atoms with Crippen LogP contribution in [0.15, 0.2) is 29.2 Å². The lowest BCUT2D eigenvalue weighted by molar-refractivity contribution is -0.142. The van der Waals surface area contributed by atoms with E-state index in [9.17, 15) is 13.2 Å². The van der Waals surface area contributed by atoms with Crippen LogP contribution in [-0.2, 0) is 14.8 Å². The van der Waals surface area contributed by atoms with E-state index in [0.717, 1.165) is 0 Å². The summed E-state index contributed by atoms with van der Waals surface area (Å²) in [6.45, 7) is 1.73. The average Bonchev–Trinajstić information content (AvgIpc) is 2.81. The summed E-state index contributed by atoms with van der Waals surface area (Å²) in [4.78, 5) is 11.0. The van der Waals surface area contributed by atoms with E-state index in [-0.39, 0.29) is 23.4 Å². The summed E-state index contributed by atoms with van der Waals surface area (Å²) in [6.07, 6.45) is 0.282.